The summed E-state index contributed by atoms with van der Waals surface area (Å²) < 4.78 is 44.6. The molecule has 0 amide bonds. The van der Waals surface area contributed by atoms with Crippen LogP contribution < -0.4 is 20.1 Å². The molecule has 0 saturated carbocycles. The van der Waals surface area contributed by atoms with E-state index in [9.17, 15) is 13.0 Å². The Bertz CT molecular complexity index is 1870. The molecule has 3 N–H and O–H groups in total. The molecule has 0 bridgehead atoms. The number of rotatable bonds is 12. The van der Waals surface area contributed by atoms with E-state index in [1.54, 1.807) is 26.4 Å². The minimum atomic E-state index is -4.28. The van der Waals surface area contributed by atoms with Crippen LogP contribution >= 0.6 is 0 Å². The van der Waals surface area contributed by atoms with E-state index < -0.39 is 10.1 Å². The standard InChI is InChI=1S/C37H38N2O5S/c1-25-10-8-11-26(2)36(25)37(32-18-16-29(21-34(32)43-3)38-23-27-12-6-5-7-13-27)33-19-17-30(22-35(33)44-4)39-24-28-14-9-15-31(20-28)45(40,41)42/h5-22,37-39H,23-24H2,1-4H3,(H,40,41,42). The highest BCUT2D eigenvalue weighted by atomic mass is 32.2. The van der Waals surface area contributed by atoms with Crippen molar-refractivity contribution in [3.8, 4) is 11.5 Å². The fourth-order valence-electron chi connectivity index (χ4n) is 5.70. The highest BCUT2D eigenvalue weighted by Gasteiger charge is 2.27. The van der Waals surface area contributed by atoms with Crippen molar-refractivity contribution in [2.75, 3.05) is 24.9 Å². The van der Waals surface area contributed by atoms with E-state index in [1.807, 2.05) is 36.4 Å². The van der Waals surface area contributed by atoms with Gasteiger partial charge in [0, 0.05) is 53.6 Å². The molecule has 1 unspecified atom stereocenters. The fourth-order valence-corrected chi connectivity index (χ4v) is 6.25. The summed E-state index contributed by atoms with van der Waals surface area (Å²) in [5, 5.41) is 6.86. The quantitative estimate of drug-likeness (QED) is 0.0959. The molecule has 0 aliphatic carbocycles. The number of anilines is 2. The third kappa shape index (κ3) is 7.48. The molecule has 0 heterocycles. The van der Waals surface area contributed by atoms with Crippen LogP contribution in [-0.4, -0.2) is 27.2 Å². The van der Waals surface area contributed by atoms with Crippen LogP contribution in [0.2, 0.25) is 0 Å². The van der Waals surface area contributed by atoms with Crippen molar-refractivity contribution < 1.29 is 22.4 Å². The maximum absolute atomic E-state index is 11.6. The maximum atomic E-state index is 11.6. The Morgan fingerprint density at radius 2 is 1.16 bits per heavy atom. The Hall–Kier alpha value is -4.79. The van der Waals surface area contributed by atoms with Crippen LogP contribution in [0.15, 0.2) is 114 Å². The topological polar surface area (TPSA) is 96.9 Å². The van der Waals surface area contributed by atoms with Gasteiger partial charge >= 0.3 is 0 Å². The summed E-state index contributed by atoms with van der Waals surface area (Å²) >= 11 is 0. The minimum Gasteiger partial charge on any atom is -0.496 e. The molecule has 1 atom stereocenters. The zero-order valence-electron chi connectivity index (χ0n) is 25.9. The van der Waals surface area contributed by atoms with Crippen molar-refractivity contribution in [3.63, 3.8) is 0 Å². The van der Waals surface area contributed by atoms with Crippen molar-refractivity contribution >= 4 is 21.5 Å². The highest BCUT2D eigenvalue weighted by molar-refractivity contribution is 7.85. The van der Waals surface area contributed by atoms with Crippen LogP contribution in [-0.2, 0) is 23.2 Å². The number of ether oxygens (including phenoxy) is 2. The predicted molar refractivity (Wildman–Crippen MR) is 180 cm³/mol. The van der Waals surface area contributed by atoms with Gasteiger partial charge in [-0.25, -0.2) is 0 Å². The molecule has 45 heavy (non-hydrogen) atoms. The second-order valence-electron chi connectivity index (χ2n) is 11.0. The van der Waals surface area contributed by atoms with E-state index in [2.05, 4.69) is 73.0 Å². The van der Waals surface area contributed by atoms with Gasteiger partial charge in [-0.1, -0.05) is 72.8 Å². The van der Waals surface area contributed by atoms with E-state index in [0.717, 1.165) is 39.4 Å². The third-order valence-electron chi connectivity index (χ3n) is 7.95. The van der Waals surface area contributed by atoms with Gasteiger partial charge in [0.1, 0.15) is 11.5 Å². The Morgan fingerprint density at radius 3 is 1.69 bits per heavy atom. The zero-order chi connectivity index (χ0) is 32.0. The average Bonchev–Trinajstić information content (AvgIpc) is 3.05. The summed E-state index contributed by atoms with van der Waals surface area (Å²) in [5.41, 5.74) is 9.18. The summed E-state index contributed by atoms with van der Waals surface area (Å²) in [7, 11) is -0.923. The molecule has 5 aromatic rings. The number of benzene rings is 5. The van der Waals surface area contributed by atoms with Crippen LogP contribution in [0.3, 0.4) is 0 Å². The molecular formula is C37H38N2O5S. The molecule has 0 aromatic heterocycles. The highest BCUT2D eigenvalue weighted by Crippen LogP contribution is 2.44. The molecule has 8 heteroatoms. The van der Waals surface area contributed by atoms with E-state index in [0.29, 0.717) is 24.4 Å². The van der Waals surface area contributed by atoms with Crippen LogP contribution in [0.5, 0.6) is 11.5 Å². The van der Waals surface area contributed by atoms with Gasteiger partial charge in [-0.3, -0.25) is 4.55 Å². The SMILES string of the molecule is COc1cc(NCc2ccccc2)ccc1C(c1ccc(NCc2cccc(S(=O)(=O)O)c2)cc1OC)c1c(C)cccc1C. The van der Waals surface area contributed by atoms with E-state index >= 15 is 0 Å². The lowest BCUT2D eigenvalue weighted by Gasteiger charge is -2.27. The summed E-state index contributed by atoms with van der Waals surface area (Å²) in [6, 6.07) is 35.1. The first kappa shape index (κ1) is 31.6. The van der Waals surface area contributed by atoms with Crippen LogP contribution in [0.4, 0.5) is 11.4 Å². The van der Waals surface area contributed by atoms with Gasteiger partial charge in [0.25, 0.3) is 10.1 Å². The first-order valence-electron chi connectivity index (χ1n) is 14.7. The second-order valence-corrected chi connectivity index (χ2v) is 12.4. The van der Waals surface area contributed by atoms with Gasteiger partial charge in [0.2, 0.25) is 0 Å². The third-order valence-corrected chi connectivity index (χ3v) is 8.80. The molecule has 0 radical (unpaired) electrons. The monoisotopic (exact) mass is 622 g/mol. The van der Waals surface area contributed by atoms with Crippen molar-refractivity contribution in [3.05, 3.63) is 148 Å². The summed E-state index contributed by atoms with van der Waals surface area (Å²) in [4.78, 5) is -0.138. The van der Waals surface area contributed by atoms with Crippen LogP contribution in [0.1, 0.15) is 44.9 Å². The maximum Gasteiger partial charge on any atom is 0.294 e. The second kappa shape index (κ2) is 13.9. The molecule has 0 aliphatic heterocycles. The Morgan fingerprint density at radius 1 is 0.644 bits per heavy atom. The van der Waals surface area contributed by atoms with Crippen LogP contribution in [0, 0.1) is 13.8 Å². The molecule has 232 valence electrons. The first-order chi connectivity index (χ1) is 21.7. The van der Waals surface area contributed by atoms with Gasteiger partial charge < -0.3 is 20.1 Å². The van der Waals surface area contributed by atoms with Crippen molar-refractivity contribution in [1.29, 1.82) is 0 Å². The van der Waals surface area contributed by atoms with Crippen LogP contribution in [0.25, 0.3) is 0 Å². The van der Waals surface area contributed by atoms with Gasteiger partial charge in [-0.05, 0) is 65.9 Å². The predicted octanol–water partition coefficient (Wildman–Crippen LogP) is 7.97. The Balaban J connectivity index is 1.51. The lowest BCUT2D eigenvalue weighted by atomic mass is 9.80. The van der Waals surface area contributed by atoms with Crippen molar-refractivity contribution in [2.24, 2.45) is 0 Å². The molecule has 5 aromatic carbocycles. The largest absolute Gasteiger partial charge is 0.496 e. The zero-order valence-corrected chi connectivity index (χ0v) is 26.7. The molecule has 7 nitrogen and oxygen atoms in total. The van der Waals surface area contributed by atoms with Crippen molar-refractivity contribution in [2.45, 2.75) is 37.8 Å². The fraction of sp³-hybridized carbons (Fsp3) is 0.189. The molecule has 0 spiro atoms. The smallest absolute Gasteiger partial charge is 0.294 e. The molecule has 0 saturated heterocycles. The summed E-state index contributed by atoms with van der Waals surface area (Å²) in [6.45, 7) is 5.31. The molecule has 0 aliphatic rings. The van der Waals surface area contributed by atoms with E-state index in [1.165, 1.54) is 23.3 Å². The number of hydrogen-bond acceptors (Lipinski definition) is 6. The molecule has 5 rings (SSSR count). The lowest BCUT2D eigenvalue weighted by Crippen LogP contribution is -2.11. The normalized spacial score (nSPS) is 11.9. The van der Waals surface area contributed by atoms with E-state index in [-0.39, 0.29) is 10.8 Å². The minimum absolute atomic E-state index is 0.138. The van der Waals surface area contributed by atoms with Gasteiger partial charge in [-0.15, -0.1) is 0 Å². The summed E-state index contributed by atoms with van der Waals surface area (Å²) in [5.74, 6) is 1.29. The Labute approximate surface area is 265 Å². The average molecular weight is 623 g/mol. The van der Waals surface area contributed by atoms with E-state index in [4.69, 9.17) is 9.47 Å². The molecule has 0 fully saturated rings. The van der Waals surface area contributed by atoms with Gasteiger partial charge in [0.15, 0.2) is 0 Å². The Kier molecular flexibility index (Phi) is 9.76. The number of hydrogen-bond donors (Lipinski definition) is 3. The first-order valence-corrected chi connectivity index (χ1v) is 16.1. The van der Waals surface area contributed by atoms with Gasteiger partial charge in [-0.2, -0.15) is 8.42 Å². The number of methoxy groups -OCH3 is 2. The van der Waals surface area contributed by atoms with Gasteiger partial charge in [0.05, 0.1) is 19.1 Å². The number of aryl methyl sites for hydroxylation is 2. The number of nitrogens with one attached hydrogen (secondary N) is 2. The lowest BCUT2D eigenvalue weighted by molar-refractivity contribution is 0.402. The molecular weight excluding hydrogens is 584 g/mol. The summed E-state index contributed by atoms with van der Waals surface area (Å²) in [6.07, 6.45) is 0. The van der Waals surface area contributed by atoms with Crippen molar-refractivity contribution in [1.82, 2.24) is 0 Å².